The molecule has 0 fully saturated rings. The van der Waals surface area contributed by atoms with Crippen LogP contribution in [0.2, 0.25) is 0 Å². The third-order valence-electron chi connectivity index (χ3n) is 2.26. The zero-order chi connectivity index (χ0) is 15.1. The van der Waals surface area contributed by atoms with E-state index in [4.69, 9.17) is 10.2 Å². The molecule has 6 nitrogen and oxygen atoms in total. The molecular formula is C10H17F3N2O4. The van der Waals surface area contributed by atoms with Crippen molar-refractivity contribution < 1.29 is 33.0 Å². The summed E-state index contributed by atoms with van der Waals surface area (Å²) in [6.45, 7) is -1.09. The Morgan fingerprint density at radius 1 is 1.16 bits per heavy atom. The SMILES string of the molecule is CCN(CCC(=O)O)C(=O)N(CCO)CC(F)(F)F. The molecule has 0 rings (SSSR count). The van der Waals surface area contributed by atoms with Crippen LogP contribution in [0.5, 0.6) is 0 Å². The first-order valence-corrected chi connectivity index (χ1v) is 5.64. The van der Waals surface area contributed by atoms with E-state index in [1.165, 1.54) is 6.92 Å². The number of urea groups is 1. The van der Waals surface area contributed by atoms with Crippen molar-refractivity contribution in [2.45, 2.75) is 19.5 Å². The van der Waals surface area contributed by atoms with E-state index in [-0.39, 0.29) is 19.5 Å². The molecule has 0 unspecified atom stereocenters. The number of rotatable bonds is 7. The van der Waals surface area contributed by atoms with Crippen LogP contribution < -0.4 is 0 Å². The van der Waals surface area contributed by atoms with Gasteiger partial charge in [-0.15, -0.1) is 0 Å². The number of aliphatic hydroxyl groups excluding tert-OH is 1. The maximum Gasteiger partial charge on any atom is 0.406 e. The van der Waals surface area contributed by atoms with Gasteiger partial charge in [0.05, 0.1) is 13.0 Å². The number of alkyl halides is 3. The quantitative estimate of drug-likeness (QED) is 0.724. The Morgan fingerprint density at radius 3 is 2.11 bits per heavy atom. The highest BCUT2D eigenvalue weighted by Crippen LogP contribution is 2.17. The molecule has 0 aliphatic rings. The smallest absolute Gasteiger partial charge is 0.406 e. The summed E-state index contributed by atoms with van der Waals surface area (Å²) in [5.74, 6) is -1.14. The molecule has 0 spiro atoms. The second-order valence-electron chi connectivity index (χ2n) is 3.77. The Morgan fingerprint density at radius 2 is 1.74 bits per heavy atom. The van der Waals surface area contributed by atoms with Crippen molar-refractivity contribution in [2.24, 2.45) is 0 Å². The van der Waals surface area contributed by atoms with E-state index in [2.05, 4.69) is 0 Å². The number of carbonyl (C=O) groups is 2. The number of carboxylic acids is 1. The van der Waals surface area contributed by atoms with Gasteiger partial charge in [0.25, 0.3) is 0 Å². The fourth-order valence-corrected chi connectivity index (χ4v) is 1.40. The van der Waals surface area contributed by atoms with Crippen LogP contribution in [0.15, 0.2) is 0 Å². The van der Waals surface area contributed by atoms with Gasteiger partial charge < -0.3 is 20.0 Å². The van der Waals surface area contributed by atoms with Crippen LogP contribution in [-0.2, 0) is 4.79 Å². The zero-order valence-electron chi connectivity index (χ0n) is 10.5. The molecule has 19 heavy (non-hydrogen) atoms. The van der Waals surface area contributed by atoms with Crippen molar-refractivity contribution in [1.29, 1.82) is 0 Å². The molecule has 0 saturated carbocycles. The lowest BCUT2D eigenvalue weighted by atomic mass is 10.3. The zero-order valence-corrected chi connectivity index (χ0v) is 10.5. The normalized spacial score (nSPS) is 11.2. The summed E-state index contributed by atoms with van der Waals surface area (Å²) in [4.78, 5) is 23.6. The first-order valence-electron chi connectivity index (χ1n) is 5.64. The van der Waals surface area contributed by atoms with Crippen molar-refractivity contribution in [1.82, 2.24) is 9.80 Å². The number of aliphatic hydroxyl groups is 1. The molecule has 0 radical (unpaired) electrons. The van der Waals surface area contributed by atoms with E-state index in [1.54, 1.807) is 0 Å². The number of carboxylic acid groups (broad SMARTS) is 1. The van der Waals surface area contributed by atoms with Crippen LogP contribution >= 0.6 is 0 Å². The summed E-state index contributed by atoms with van der Waals surface area (Å²) in [6.07, 6.45) is -4.92. The van der Waals surface area contributed by atoms with Crippen LogP contribution in [-0.4, -0.2) is 71.0 Å². The number of nitrogens with zero attached hydrogens (tertiary/aromatic N) is 2. The molecular weight excluding hydrogens is 269 g/mol. The molecule has 0 aliphatic heterocycles. The van der Waals surface area contributed by atoms with Gasteiger partial charge in [-0.05, 0) is 6.92 Å². The fourth-order valence-electron chi connectivity index (χ4n) is 1.40. The van der Waals surface area contributed by atoms with Gasteiger partial charge in [0.15, 0.2) is 0 Å². The van der Waals surface area contributed by atoms with Gasteiger partial charge in [0, 0.05) is 19.6 Å². The average molecular weight is 286 g/mol. The standard InChI is InChI=1S/C10H17F3N2O4/c1-2-14(4-3-8(17)18)9(19)15(5-6-16)7-10(11,12)13/h16H,2-7H2,1H3,(H,17,18). The van der Waals surface area contributed by atoms with Gasteiger partial charge in [0.2, 0.25) is 0 Å². The van der Waals surface area contributed by atoms with Gasteiger partial charge in [-0.2, -0.15) is 13.2 Å². The van der Waals surface area contributed by atoms with Crippen LogP contribution in [0, 0.1) is 0 Å². The Bertz CT molecular complexity index is 310. The van der Waals surface area contributed by atoms with E-state index in [1.807, 2.05) is 0 Å². The summed E-state index contributed by atoms with van der Waals surface area (Å²) in [5, 5.41) is 17.2. The minimum atomic E-state index is -4.57. The average Bonchev–Trinajstić information content (AvgIpc) is 2.26. The maximum absolute atomic E-state index is 12.3. The third-order valence-corrected chi connectivity index (χ3v) is 2.26. The number of amides is 2. The molecule has 0 heterocycles. The van der Waals surface area contributed by atoms with E-state index >= 15 is 0 Å². The minimum absolute atomic E-state index is 0.0892. The first kappa shape index (κ1) is 17.5. The van der Waals surface area contributed by atoms with Crippen LogP contribution in [0.3, 0.4) is 0 Å². The van der Waals surface area contributed by atoms with E-state index < -0.39 is 37.9 Å². The van der Waals surface area contributed by atoms with Crippen molar-refractivity contribution >= 4 is 12.0 Å². The Kier molecular flexibility index (Phi) is 7.20. The highest BCUT2D eigenvalue weighted by atomic mass is 19.4. The van der Waals surface area contributed by atoms with Gasteiger partial charge in [-0.25, -0.2) is 4.79 Å². The minimum Gasteiger partial charge on any atom is -0.481 e. The molecule has 0 bridgehead atoms. The number of carbonyl (C=O) groups excluding carboxylic acids is 1. The summed E-state index contributed by atoms with van der Waals surface area (Å²) in [7, 11) is 0. The monoisotopic (exact) mass is 286 g/mol. The van der Waals surface area contributed by atoms with Crippen molar-refractivity contribution in [3.05, 3.63) is 0 Å². The summed E-state index contributed by atoms with van der Waals surface area (Å²) < 4.78 is 36.8. The molecule has 0 aromatic carbocycles. The highest BCUT2D eigenvalue weighted by Gasteiger charge is 2.34. The Hall–Kier alpha value is -1.51. The number of halogens is 3. The van der Waals surface area contributed by atoms with Crippen LogP contribution in [0.4, 0.5) is 18.0 Å². The molecule has 2 amide bonds. The lowest BCUT2D eigenvalue weighted by Gasteiger charge is -2.29. The first-order chi connectivity index (χ1) is 8.71. The Balaban J connectivity index is 4.69. The van der Waals surface area contributed by atoms with Gasteiger partial charge in [-0.3, -0.25) is 4.79 Å². The van der Waals surface area contributed by atoms with Crippen LogP contribution in [0.25, 0.3) is 0 Å². The number of hydrogen-bond acceptors (Lipinski definition) is 3. The molecule has 0 aliphatic carbocycles. The Labute approximate surface area is 108 Å². The van der Waals surface area contributed by atoms with Gasteiger partial charge in [-0.1, -0.05) is 0 Å². The summed E-state index contributed by atoms with van der Waals surface area (Å²) in [5.41, 5.74) is 0. The van der Waals surface area contributed by atoms with E-state index in [0.717, 1.165) is 4.90 Å². The van der Waals surface area contributed by atoms with Gasteiger partial charge >= 0.3 is 18.2 Å². The number of aliphatic carboxylic acids is 1. The molecule has 0 saturated heterocycles. The summed E-state index contributed by atoms with van der Waals surface area (Å²) >= 11 is 0. The van der Waals surface area contributed by atoms with Crippen molar-refractivity contribution in [2.75, 3.05) is 32.8 Å². The third kappa shape index (κ3) is 7.50. The number of hydrogen-bond donors (Lipinski definition) is 2. The maximum atomic E-state index is 12.3. The lowest BCUT2D eigenvalue weighted by molar-refractivity contribution is -0.142. The fraction of sp³-hybridized carbons (Fsp3) is 0.800. The second kappa shape index (κ2) is 7.82. The molecule has 0 atom stereocenters. The largest absolute Gasteiger partial charge is 0.481 e. The van der Waals surface area contributed by atoms with E-state index in [9.17, 15) is 22.8 Å². The predicted octanol–water partition coefficient (Wildman–Crippen LogP) is 0.760. The second-order valence-corrected chi connectivity index (χ2v) is 3.77. The topological polar surface area (TPSA) is 81.1 Å². The molecule has 2 N–H and O–H groups in total. The molecule has 0 aromatic rings. The lowest BCUT2D eigenvalue weighted by Crippen LogP contribution is -2.48. The molecule has 9 heteroatoms. The van der Waals surface area contributed by atoms with Crippen LogP contribution in [0.1, 0.15) is 13.3 Å². The van der Waals surface area contributed by atoms with Crippen molar-refractivity contribution in [3.63, 3.8) is 0 Å². The highest BCUT2D eigenvalue weighted by molar-refractivity contribution is 5.75. The van der Waals surface area contributed by atoms with E-state index in [0.29, 0.717) is 4.90 Å². The molecule has 112 valence electrons. The van der Waals surface area contributed by atoms with Crippen molar-refractivity contribution in [3.8, 4) is 0 Å². The van der Waals surface area contributed by atoms with Gasteiger partial charge in [0.1, 0.15) is 6.54 Å². The predicted molar refractivity (Wildman–Crippen MR) is 59.6 cm³/mol. The molecule has 0 aromatic heterocycles. The summed E-state index contributed by atoms with van der Waals surface area (Å²) in [6, 6.07) is -0.935.